The van der Waals surface area contributed by atoms with Crippen molar-refractivity contribution < 1.29 is 4.74 Å². The fourth-order valence-corrected chi connectivity index (χ4v) is 1.69. The van der Waals surface area contributed by atoms with Crippen molar-refractivity contribution in [2.24, 2.45) is 17.8 Å². The quantitative estimate of drug-likeness (QED) is 0.546. The van der Waals surface area contributed by atoms with Gasteiger partial charge in [0.25, 0.3) is 0 Å². The molecule has 0 aromatic rings. The molecule has 1 aliphatic rings. The van der Waals surface area contributed by atoms with Gasteiger partial charge in [0.15, 0.2) is 0 Å². The van der Waals surface area contributed by atoms with Gasteiger partial charge in [-0.25, -0.2) is 0 Å². The van der Waals surface area contributed by atoms with E-state index < -0.39 is 0 Å². The van der Waals surface area contributed by atoms with E-state index >= 15 is 0 Å². The average molecular weight is 142 g/mol. The Kier molecular flexibility index (Phi) is 2.35. The molecule has 1 fully saturated rings. The summed E-state index contributed by atoms with van der Waals surface area (Å²) in [6.07, 6.45) is 0.509. The molecule has 0 aliphatic carbocycles. The second-order valence-electron chi connectivity index (χ2n) is 3.88. The van der Waals surface area contributed by atoms with Gasteiger partial charge in [0.2, 0.25) is 0 Å². The lowest BCUT2D eigenvalue weighted by Crippen LogP contribution is -2.21. The predicted molar refractivity (Wildman–Crippen MR) is 42.9 cm³/mol. The Morgan fingerprint density at radius 3 is 2.10 bits per heavy atom. The summed E-state index contributed by atoms with van der Waals surface area (Å²) in [5.41, 5.74) is 0. The van der Waals surface area contributed by atoms with Gasteiger partial charge in [-0.3, -0.25) is 0 Å². The SMILES string of the molecule is CC(C)C1OCC(C)[C@@H]1C. The van der Waals surface area contributed by atoms with Crippen LogP contribution < -0.4 is 0 Å². The normalized spacial score (nSPS) is 41.1. The number of hydrogen-bond donors (Lipinski definition) is 0. The molecule has 10 heavy (non-hydrogen) atoms. The fourth-order valence-electron chi connectivity index (χ4n) is 1.69. The summed E-state index contributed by atoms with van der Waals surface area (Å²) in [6.45, 7) is 10.00. The smallest absolute Gasteiger partial charge is 0.0627 e. The van der Waals surface area contributed by atoms with E-state index in [4.69, 9.17) is 4.74 Å². The van der Waals surface area contributed by atoms with Crippen LogP contribution in [0.3, 0.4) is 0 Å². The molecule has 0 amide bonds. The topological polar surface area (TPSA) is 9.23 Å². The first-order valence-corrected chi connectivity index (χ1v) is 4.24. The minimum Gasteiger partial charge on any atom is -0.377 e. The highest BCUT2D eigenvalue weighted by Gasteiger charge is 2.32. The van der Waals surface area contributed by atoms with Crippen LogP contribution in [0.1, 0.15) is 27.7 Å². The van der Waals surface area contributed by atoms with Gasteiger partial charge in [0, 0.05) is 6.61 Å². The maximum absolute atomic E-state index is 5.64. The third kappa shape index (κ3) is 1.34. The monoisotopic (exact) mass is 142 g/mol. The van der Waals surface area contributed by atoms with Gasteiger partial charge in [-0.15, -0.1) is 0 Å². The van der Waals surface area contributed by atoms with Crippen molar-refractivity contribution in [3.8, 4) is 0 Å². The molecule has 60 valence electrons. The summed E-state index contributed by atoms with van der Waals surface area (Å²) in [5.74, 6) is 2.19. The van der Waals surface area contributed by atoms with Crippen LogP contribution in [0.25, 0.3) is 0 Å². The van der Waals surface area contributed by atoms with E-state index in [2.05, 4.69) is 27.7 Å². The summed E-state index contributed by atoms with van der Waals surface area (Å²) >= 11 is 0. The fraction of sp³-hybridized carbons (Fsp3) is 1.00. The van der Waals surface area contributed by atoms with Gasteiger partial charge >= 0.3 is 0 Å². The first-order chi connectivity index (χ1) is 4.63. The molecule has 3 atom stereocenters. The van der Waals surface area contributed by atoms with E-state index in [1.54, 1.807) is 0 Å². The molecule has 1 heteroatoms. The van der Waals surface area contributed by atoms with E-state index in [1.807, 2.05) is 0 Å². The highest BCUT2D eigenvalue weighted by molar-refractivity contribution is 4.79. The maximum Gasteiger partial charge on any atom is 0.0627 e. The highest BCUT2D eigenvalue weighted by atomic mass is 16.5. The lowest BCUT2D eigenvalue weighted by molar-refractivity contribution is 0.0575. The molecular weight excluding hydrogens is 124 g/mol. The van der Waals surface area contributed by atoms with Crippen LogP contribution in [0.4, 0.5) is 0 Å². The molecular formula is C9H18O. The lowest BCUT2D eigenvalue weighted by atomic mass is 9.89. The zero-order chi connectivity index (χ0) is 7.72. The summed E-state index contributed by atoms with van der Waals surface area (Å²) in [6, 6.07) is 0. The maximum atomic E-state index is 5.64. The third-order valence-electron chi connectivity index (χ3n) is 2.62. The summed E-state index contributed by atoms with van der Waals surface area (Å²) in [5, 5.41) is 0. The molecule has 1 aliphatic heterocycles. The molecule has 0 bridgehead atoms. The largest absolute Gasteiger partial charge is 0.377 e. The molecule has 0 saturated carbocycles. The Morgan fingerprint density at radius 1 is 1.30 bits per heavy atom. The first kappa shape index (κ1) is 8.06. The first-order valence-electron chi connectivity index (χ1n) is 4.24. The molecule has 0 spiro atoms. The molecule has 0 N–H and O–H groups in total. The highest BCUT2D eigenvalue weighted by Crippen LogP contribution is 2.30. The predicted octanol–water partition coefficient (Wildman–Crippen LogP) is 2.31. The van der Waals surface area contributed by atoms with Crippen LogP contribution in [-0.2, 0) is 4.74 Å². The van der Waals surface area contributed by atoms with Gasteiger partial charge in [0.05, 0.1) is 6.10 Å². The van der Waals surface area contributed by atoms with Gasteiger partial charge in [-0.2, -0.15) is 0 Å². The Morgan fingerprint density at radius 2 is 1.90 bits per heavy atom. The van der Waals surface area contributed by atoms with Crippen LogP contribution in [-0.4, -0.2) is 12.7 Å². The zero-order valence-corrected chi connectivity index (χ0v) is 7.42. The van der Waals surface area contributed by atoms with Gasteiger partial charge < -0.3 is 4.74 Å². The Hall–Kier alpha value is -0.0400. The van der Waals surface area contributed by atoms with Crippen molar-refractivity contribution in [3.63, 3.8) is 0 Å². The number of ether oxygens (including phenoxy) is 1. The molecule has 0 aromatic carbocycles. The Balaban J connectivity index is 2.49. The van der Waals surface area contributed by atoms with E-state index in [-0.39, 0.29) is 0 Å². The third-order valence-corrected chi connectivity index (χ3v) is 2.62. The molecule has 0 aromatic heterocycles. The van der Waals surface area contributed by atoms with Gasteiger partial charge in [-0.1, -0.05) is 27.7 Å². The van der Waals surface area contributed by atoms with Crippen LogP contribution >= 0.6 is 0 Å². The standard InChI is InChI=1S/C9H18O/c1-6(2)9-8(4)7(3)5-10-9/h6-9H,5H2,1-4H3/t7?,8-,9?/m0/s1. The summed E-state index contributed by atoms with van der Waals surface area (Å²) in [4.78, 5) is 0. The van der Waals surface area contributed by atoms with Crippen molar-refractivity contribution in [1.29, 1.82) is 0 Å². The summed E-state index contributed by atoms with van der Waals surface area (Å²) in [7, 11) is 0. The van der Waals surface area contributed by atoms with Gasteiger partial charge in [0.1, 0.15) is 0 Å². The number of hydrogen-bond acceptors (Lipinski definition) is 1. The summed E-state index contributed by atoms with van der Waals surface area (Å²) < 4.78 is 5.64. The van der Waals surface area contributed by atoms with Crippen LogP contribution in [0.15, 0.2) is 0 Å². The van der Waals surface area contributed by atoms with Crippen molar-refractivity contribution in [3.05, 3.63) is 0 Å². The van der Waals surface area contributed by atoms with E-state index in [0.29, 0.717) is 12.0 Å². The molecule has 0 radical (unpaired) electrons. The van der Waals surface area contributed by atoms with Crippen molar-refractivity contribution in [2.45, 2.75) is 33.8 Å². The Labute approximate surface area is 63.8 Å². The van der Waals surface area contributed by atoms with Crippen molar-refractivity contribution >= 4 is 0 Å². The zero-order valence-electron chi connectivity index (χ0n) is 7.42. The van der Waals surface area contributed by atoms with Crippen molar-refractivity contribution in [2.75, 3.05) is 6.61 Å². The number of rotatable bonds is 1. The lowest BCUT2D eigenvalue weighted by Gasteiger charge is -2.19. The second-order valence-corrected chi connectivity index (χ2v) is 3.88. The Bertz CT molecular complexity index is 109. The van der Waals surface area contributed by atoms with E-state index in [0.717, 1.165) is 18.4 Å². The van der Waals surface area contributed by atoms with E-state index in [9.17, 15) is 0 Å². The molecule has 2 unspecified atom stereocenters. The van der Waals surface area contributed by atoms with E-state index in [1.165, 1.54) is 0 Å². The minimum absolute atomic E-state index is 0.509. The minimum atomic E-state index is 0.509. The van der Waals surface area contributed by atoms with Gasteiger partial charge in [-0.05, 0) is 17.8 Å². The molecule has 1 heterocycles. The molecule has 1 saturated heterocycles. The molecule has 1 rings (SSSR count). The van der Waals surface area contributed by atoms with Crippen LogP contribution in [0.2, 0.25) is 0 Å². The van der Waals surface area contributed by atoms with Crippen LogP contribution in [0, 0.1) is 17.8 Å². The van der Waals surface area contributed by atoms with Crippen LogP contribution in [0.5, 0.6) is 0 Å². The average Bonchev–Trinajstić information content (AvgIpc) is 2.14. The van der Waals surface area contributed by atoms with Crippen molar-refractivity contribution in [1.82, 2.24) is 0 Å². The second kappa shape index (κ2) is 2.91. The molecule has 1 nitrogen and oxygen atoms in total.